The van der Waals surface area contributed by atoms with Gasteiger partial charge in [0.05, 0.1) is 39.1 Å². The minimum absolute atomic E-state index is 0.00996. The van der Waals surface area contributed by atoms with E-state index in [2.05, 4.69) is 233 Å². The maximum Gasteiger partial charge on any atom is 0.137 e. The third kappa shape index (κ3) is 7.28. The standard InChI is InChI=1S/C58H65N5/c1-54(2,3)37-28-29-59-50(33-37)62-47-23-19-17-21-43(47)45-26-24-40(34-49(45)62)61-46-22-18-16-20-42(46)44-27-25-41(35-48(44)61)63-53(58(13,14)15)51(52(60-63)57(10,11)12)36-30-38(55(4,5)6)32-39(31-36)56(7,8)9/h16-35H,1-15H3. The van der Waals surface area contributed by atoms with Crippen molar-refractivity contribution < 1.29 is 0 Å². The molecular formula is C58H65N5. The van der Waals surface area contributed by atoms with Crippen LogP contribution in [0, 0.1) is 0 Å². The van der Waals surface area contributed by atoms with Gasteiger partial charge in [0.15, 0.2) is 0 Å². The molecule has 9 aromatic rings. The summed E-state index contributed by atoms with van der Waals surface area (Å²) in [7, 11) is 0. The summed E-state index contributed by atoms with van der Waals surface area (Å²) < 4.78 is 7.06. The highest BCUT2D eigenvalue weighted by atomic mass is 15.3. The molecule has 63 heavy (non-hydrogen) atoms. The summed E-state index contributed by atoms with van der Waals surface area (Å²) in [6.45, 7) is 34.7. The van der Waals surface area contributed by atoms with Crippen molar-refractivity contribution in [2.75, 3.05) is 0 Å². The van der Waals surface area contributed by atoms with E-state index in [1.807, 2.05) is 6.20 Å². The molecule has 5 heteroatoms. The van der Waals surface area contributed by atoms with E-state index in [0.717, 1.165) is 39.4 Å². The van der Waals surface area contributed by atoms with Gasteiger partial charge in [-0.05, 0) is 87.0 Å². The molecule has 322 valence electrons. The number of para-hydroxylation sites is 2. The van der Waals surface area contributed by atoms with Gasteiger partial charge in [0, 0.05) is 49.8 Å². The molecule has 0 unspecified atom stereocenters. The van der Waals surface area contributed by atoms with Crippen LogP contribution < -0.4 is 0 Å². The Balaban J connectivity index is 1.32. The average Bonchev–Trinajstić information content (AvgIpc) is 3.88. The fourth-order valence-corrected chi connectivity index (χ4v) is 9.45. The molecule has 0 atom stereocenters. The Morgan fingerprint density at radius 1 is 0.397 bits per heavy atom. The van der Waals surface area contributed by atoms with Crippen LogP contribution in [0.4, 0.5) is 0 Å². The Hall–Kier alpha value is -5.94. The monoisotopic (exact) mass is 832 g/mol. The summed E-state index contributed by atoms with van der Waals surface area (Å²) in [6.07, 6.45) is 1.96. The number of aromatic nitrogens is 5. The van der Waals surface area contributed by atoms with Gasteiger partial charge in [0.25, 0.3) is 0 Å². The maximum atomic E-state index is 5.67. The highest BCUT2D eigenvalue weighted by Crippen LogP contribution is 2.45. The van der Waals surface area contributed by atoms with Crippen molar-refractivity contribution >= 4 is 43.6 Å². The Morgan fingerprint density at radius 3 is 1.43 bits per heavy atom. The normalized spacial score (nSPS) is 13.3. The van der Waals surface area contributed by atoms with Crippen molar-refractivity contribution in [3.8, 4) is 28.3 Å². The number of rotatable bonds is 4. The first-order valence-corrected chi connectivity index (χ1v) is 22.8. The molecule has 5 nitrogen and oxygen atoms in total. The van der Waals surface area contributed by atoms with Crippen LogP contribution >= 0.6 is 0 Å². The molecule has 0 amide bonds. The van der Waals surface area contributed by atoms with Gasteiger partial charge in [0.1, 0.15) is 5.82 Å². The van der Waals surface area contributed by atoms with Crippen LogP contribution in [0.1, 0.15) is 132 Å². The maximum absolute atomic E-state index is 5.67. The van der Waals surface area contributed by atoms with Crippen molar-refractivity contribution in [1.29, 1.82) is 0 Å². The molecule has 0 aliphatic rings. The number of nitrogens with zero attached hydrogens (tertiary/aromatic N) is 5. The lowest BCUT2D eigenvalue weighted by Gasteiger charge is -2.28. The van der Waals surface area contributed by atoms with E-state index in [0.29, 0.717) is 0 Å². The molecule has 4 aromatic heterocycles. The average molecular weight is 832 g/mol. The Kier molecular flexibility index (Phi) is 9.61. The molecule has 5 aromatic carbocycles. The Morgan fingerprint density at radius 2 is 0.889 bits per heavy atom. The summed E-state index contributed by atoms with van der Waals surface area (Å²) >= 11 is 0. The van der Waals surface area contributed by atoms with E-state index in [-0.39, 0.29) is 27.1 Å². The van der Waals surface area contributed by atoms with Crippen molar-refractivity contribution in [3.05, 3.63) is 150 Å². The van der Waals surface area contributed by atoms with Gasteiger partial charge in [0.2, 0.25) is 0 Å². The summed E-state index contributed by atoms with van der Waals surface area (Å²) in [5, 5.41) is 10.5. The van der Waals surface area contributed by atoms with E-state index >= 15 is 0 Å². The van der Waals surface area contributed by atoms with Gasteiger partial charge in [-0.15, -0.1) is 0 Å². The van der Waals surface area contributed by atoms with Crippen LogP contribution in [0.15, 0.2) is 121 Å². The van der Waals surface area contributed by atoms with E-state index < -0.39 is 0 Å². The first kappa shape index (κ1) is 42.4. The molecular weight excluding hydrogens is 767 g/mol. The zero-order valence-corrected chi connectivity index (χ0v) is 40.3. The zero-order valence-electron chi connectivity index (χ0n) is 40.3. The van der Waals surface area contributed by atoms with Gasteiger partial charge < -0.3 is 4.57 Å². The fourth-order valence-electron chi connectivity index (χ4n) is 9.45. The second kappa shape index (κ2) is 14.3. The van der Waals surface area contributed by atoms with Gasteiger partial charge in [-0.3, -0.25) is 4.57 Å². The minimum atomic E-state index is -0.232. The molecule has 0 aliphatic heterocycles. The van der Waals surface area contributed by atoms with E-state index in [4.69, 9.17) is 10.1 Å². The number of fused-ring (bicyclic) bond motifs is 6. The lowest BCUT2D eigenvalue weighted by atomic mass is 9.76. The molecule has 0 bridgehead atoms. The quantitative estimate of drug-likeness (QED) is 0.177. The fraction of sp³-hybridized carbons (Fsp3) is 0.345. The lowest BCUT2D eigenvalue weighted by molar-refractivity contribution is 0.537. The molecule has 0 N–H and O–H groups in total. The van der Waals surface area contributed by atoms with Gasteiger partial charge in [-0.2, -0.15) is 5.10 Å². The molecule has 0 spiro atoms. The van der Waals surface area contributed by atoms with Crippen molar-refractivity contribution in [2.45, 2.75) is 131 Å². The number of pyridine rings is 1. The zero-order chi connectivity index (χ0) is 45.2. The van der Waals surface area contributed by atoms with E-state index in [1.165, 1.54) is 60.6 Å². The summed E-state index contributed by atoms with van der Waals surface area (Å²) in [4.78, 5) is 4.99. The van der Waals surface area contributed by atoms with E-state index in [1.54, 1.807) is 0 Å². The number of hydrogen-bond acceptors (Lipinski definition) is 2. The molecule has 0 saturated heterocycles. The first-order chi connectivity index (χ1) is 29.4. The van der Waals surface area contributed by atoms with Crippen LogP contribution in [0.3, 0.4) is 0 Å². The largest absolute Gasteiger partial charge is 0.309 e. The van der Waals surface area contributed by atoms with Crippen LogP contribution in [0.5, 0.6) is 0 Å². The second-order valence-corrected chi connectivity index (χ2v) is 23.0. The Labute approximate surface area is 374 Å². The summed E-state index contributed by atoms with van der Waals surface area (Å²) in [6, 6.07) is 43.1. The molecule has 9 rings (SSSR count). The van der Waals surface area contributed by atoms with Gasteiger partial charge in [-0.1, -0.05) is 171 Å². The van der Waals surface area contributed by atoms with Crippen molar-refractivity contribution in [1.82, 2.24) is 23.9 Å². The van der Waals surface area contributed by atoms with E-state index in [9.17, 15) is 0 Å². The SMILES string of the molecule is CC(C)(C)c1cc(-c2c(C(C)(C)C)nn(-c3ccc4c5ccccc5n(-c5ccc6c7ccccc7n(-c7cc(C(C)(C)C)ccn7)c6c5)c4c3)c2C(C)(C)C)cc(C(C)(C)C)c1. The topological polar surface area (TPSA) is 40.6 Å². The predicted molar refractivity (Wildman–Crippen MR) is 269 cm³/mol. The lowest BCUT2D eigenvalue weighted by Crippen LogP contribution is -2.20. The third-order valence-electron chi connectivity index (χ3n) is 12.9. The third-order valence-corrected chi connectivity index (χ3v) is 12.9. The molecule has 0 radical (unpaired) electrons. The molecule has 0 aliphatic carbocycles. The van der Waals surface area contributed by atoms with Crippen LogP contribution in [-0.2, 0) is 27.1 Å². The van der Waals surface area contributed by atoms with Crippen LogP contribution in [-0.4, -0.2) is 23.9 Å². The summed E-state index contributed by atoms with van der Waals surface area (Å²) in [5.74, 6) is 0.928. The minimum Gasteiger partial charge on any atom is -0.309 e. The number of hydrogen-bond donors (Lipinski definition) is 0. The van der Waals surface area contributed by atoms with Crippen LogP contribution in [0.25, 0.3) is 71.9 Å². The Bertz CT molecular complexity index is 3200. The van der Waals surface area contributed by atoms with Gasteiger partial charge in [-0.25, -0.2) is 9.67 Å². The van der Waals surface area contributed by atoms with Crippen molar-refractivity contribution in [2.24, 2.45) is 0 Å². The summed E-state index contributed by atoms with van der Waals surface area (Å²) in [5.41, 5.74) is 15.0. The highest BCUT2D eigenvalue weighted by molar-refractivity contribution is 6.12. The number of benzene rings is 5. The van der Waals surface area contributed by atoms with Crippen molar-refractivity contribution in [3.63, 3.8) is 0 Å². The van der Waals surface area contributed by atoms with Crippen LogP contribution in [0.2, 0.25) is 0 Å². The highest BCUT2D eigenvalue weighted by Gasteiger charge is 2.35. The molecule has 0 saturated carbocycles. The molecule has 4 heterocycles. The van der Waals surface area contributed by atoms with Gasteiger partial charge >= 0.3 is 0 Å². The molecule has 0 fully saturated rings. The predicted octanol–water partition coefficient (Wildman–Crippen LogP) is 15.6. The second-order valence-electron chi connectivity index (χ2n) is 23.0. The smallest absolute Gasteiger partial charge is 0.137 e. The first-order valence-electron chi connectivity index (χ1n) is 22.8.